The molecule has 0 saturated heterocycles. The van der Waals surface area contributed by atoms with Gasteiger partial charge >= 0.3 is 0 Å². The van der Waals surface area contributed by atoms with Crippen molar-refractivity contribution in [2.24, 2.45) is 17.8 Å². The molecule has 430 valence electrons. The molecule has 6 rings (SSSR count). The Morgan fingerprint density at radius 2 is 1.51 bits per heavy atom. The maximum absolute atomic E-state index is 13.1. The van der Waals surface area contributed by atoms with Gasteiger partial charge in [-0.1, -0.05) is 99.6 Å². The van der Waals surface area contributed by atoms with Crippen molar-refractivity contribution < 1.29 is 27.7 Å². The molecule has 8 nitrogen and oxygen atoms in total. The molecule has 1 aliphatic carbocycles. The first-order chi connectivity index (χ1) is 36.7. The minimum absolute atomic E-state index is 0.0946. The number of hydrogen-bond donors (Lipinski definition) is 1. The maximum atomic E-state index is 13.1. The average Bonchev–Trinajstić information content (AvgIpc) is 4.04. The van der Waals surface area contributed by atoms with Gasteiger partial charge in [-0.25, -0.2) is 13.4 Å². The number of rotatable bonds is 23. The molecule has 3 atom stereocenters. The van der Waals surface area contributed by atoms with E-state index in [1.165, 1.54) is 103 Å². The van der Waals surface area contributed by atoms with Crippen LogP contribution in [0, 0.1) is 51.3 Å². The first kappa shape index (κ1) is 68.3. The van der Waals surface area contributed by atoms with Crippen molar-refractivity contribution in [3.8, 4) is 0 Å². The summed E-state index contributed by atoms with van der Waals surface area (Å²) in [5.74, 6) is 3.48. The number of pyridine rings is 1. The molecule has 77 heavy (non-hydrogen) atoms. The fraction of sp³-hybridized carbons (Fsp3) is 0.627. The van der Waals surface area contributed by atoms with Gasteiger partial charge in [0, 0.05) is 62.5 Å². The second-order valence-electron chi connectivity index (χ2n) is 22.2. The monoisotopic (exact) mass is 1070 g/mol. The van der Waals surface area contributed by atoms with Gasteiger partial charge < -0.3 is 15.0 Å². The normalized spacial score (nSPS) is 15.7. The van der Waals surface area contributed by atoms with E-state index >= 15 is 0 Å². The third-order valence-electron chi connectivity index (χ3n) is 15.3. The Kier molecular flexibility index (Phi) is 32.9. The van der Waals surface area contributed by atoms with Crippen molar-refractivity contribution in [2.75, 3.05) is 50.1 Å². The van der Waals surface area contributed by atoms with Crippen molar-refractivity contribution in [2.45, 2.75) is 219 Å². The molecule has 2 unspecified atom stereocenters. The lowest BCUT2D eigenvalue weighted by atomic mass is 9.92. The van der Waals surface area contributed by atoms with Crippen LogP contribution >= 0.6 is 0 Å². The number of nitrogens with one attached hydrogen (secondary N) is 1. The Morgan fingerprint density at radius 3 is 2.04 bits per heavy atom. The van der Waals surface area contributed by atoms with Gasteiger partial charge in [0.15, 0.2) is 11.5 Å². The van der Waals surface area contributed by atoms with Crippen molar-refractivity contribution in [1.82, 2.24) is 9.88 Å². The van der Waals surface area contributed by atoms with Crippen molar-refractivity contribution in [3.63, 3.8) is 0 Å². The summed E-state index contributed by atoms with van der Waals surface area (Å²) < 4.78 is 27.8. The number of Topliss-reactive ketones (excluding diaryl/α,β-unsaturated/α-hetero) is 3. The Hall–Kier alpha value is -4.83. The highest BCUT2D eigenvalue weighted by Gasteiger charge is 2.28. The Morgan fingerprint density at radius 1 is 0.844 bits per heavy atom. The minimum Gasteiger partial charge on any atom is -0.340 e. The van der Waals surface area contributed by atoms with Crippen molar-refractivity contribution in [3.05, 3.63) is 105 Å². The number of halogens is 2. The largest absolute Gasteiger partial charge is 0.340 e. The number of anilines is 2. The smallest absolute Gasteiger partial charge is 0.182 e. The molecule has 0 spiro atoms. The van der Waals surface area contributed by atoms with Crippen LogP contribution in [-0.4, -0.2) is 83.5 Å². The summed E-state index contributed by atoms with van der Waals surface area (Å²) in [6.07, 6.45) is 20.8. The highest BCUT2D eigenvalue weighted by molar-refractivity contribution is 6.21. The quantitative estimate of drug-likeness (QED) is 0.0748. The minimum atomic E-state index is -0.184. The molecule has 0 bridgehead atoms. The first-order valence-electron chi connectivity index (χ1n) is 29.9. The van der Waals surface area contributed by atoms with Gasteiger partial charge in [-0.2, -0.15) is 0 Å². The van der Waals surface area contributed by atoms with E-state index in [1.54, 1.807) is 13.8 Å². The number of hydrogen-bond acceptors (Lipinski definition) is 7. The topological polar surface area (TPSA) is 85.6 Å². The number of nitrogens with zero attached hydrogens (tertiary/aromatic N) is 4. The number of ketones is 3. The van der Waals surface area contributed by atoms with E-state index in [4.69, 9.17) is 0 Å². The summed E-state index contributed by atoms with van der Waals surface area (Å²) in [5, 5.41) is 3.57. The van der Waals surface area contributed by atoms with E-state index in [-0.39, 0.29) is 36.0 Å². The van der Waals surface area contributed by atoms with E-state index < -0.39 is 0 Å². The molecule has 0 amide bonds. The molecule has 3 heterocycles. The lowest BCUT2D eigenvalue weighted by molar-refractivity contribution is -0.497. The second kappa shape index (κ2) is 37.1. The average molecular weight is 1070 g/mol. The Bertz CT molecular complexity index is 2310. The van der Waals surface area contributed by atoms with Crippen molar-refractivity contribution in [1.29, 1.82) is 0 Å². The van der Waals surface area contributed by atoms with Crippen LogP contribution in [0.25, 0.3) is 5.57 Å². The number of aryl methyl sites for hydroxylation is 4. The van der Waals surface area contributed by atoms with E-state index in [0.29, 0.717) is 18.6 Å². The predicted molar refractivity (Wildman–Crippen MR) is 325 cm³/mol. The molecule has 3 aromatic rings. The van der Waals surface area contributed by atoms with Crippen LogP contribution in [0.15, 0.2) is 66.0 Å². The van der Waals surface area contributed by atoms with Crippen LogP contribution in [-0.2, 0) is 9.59 Å². The fourth-order valence-corrected chi connectivity index (χ4v) is 10.5. The summed E-state index contributed by atoms with van der Waals surface area (Å²) in [6, 6.07) is 15.7. The molecule has 1 aromatic heterocycles. The van der Waals surface area contributed by atoms with Gasteiger partial charge in [0.25, 0.3) is 0 Å². The molecule has 1 fully saturated rings. The molecule has 3 aliphatic rings. The second-order valence-corrected chi connectivity index (χ2v) is 22.2. The van der Waals surface area contributed by atoms with Gasteiger partial charge in [-0.3, -0.25) is 19.5 Å². The third kappa shape index (κ3) is 24.4. The Balaban J connectivity index is 0.000000338. The highest BCUT2D eigenvalue weighted by Crippen LogP contribution is 2.39. The number of allylic oxidation sites excluding steroid dienone is 2. The van der Waals surface area contributed by atoms with Crippen LogP contribution in [0.4, 0.5) is 20.2 Å². The summed E-state index contributed by atoms with van der Waals surface area (Å²) >= 11 is 0. The number of fused-ring (bicyclic) bond motifs is 1. The molecule has 2 aliphatic heterocycles. The van der Waals surface area contributed by atoms with E-state index in [1.807, 2.05) is 52.8 Å². The van der Waals surface area contributed by atoms with Gasteiger partial charge in [-0.15, -0.1) is 0 Å². The number of benzene rings is 2. The van der Waals surface area contributed by atoms with Crippen molar-refractivity contribution >= 4 is 40.0 Å². The van der Waals surface area contributed by atoms with Crippen LogP contribution in [0.3, 0.4) is 0 Å². The summed E-state index contributed by atoms with van der Waals surface area (Å²) in [6.45, 7) is 34.6. The van der Waals surface area contributed by atoms with Gasteiger partial charge in [-0.05, 0) is 182 Å². The lowest BCUT2D eigenvalue weighted by Crippen LogP contribution is -2.40. The van der Waals surface area contributed by atoms with Gasteiger partial charge in [0.2, 0.25) is 0 Å². The molecule has 1 N–H and O–H groups in total. The van der Waals surface area contributed by atoms with E-state index in [2.05, 4.69) is 111 Å². The van der Waals surface area contributed by atoms with Crippen LogP contribution in [0.1, 0.15) is 224 Å². The summed E-state index contributed by atoms with van der Waals surface area (Å²) in [5.41, 5.74) is 12.4. The standard InChI is InChI=1S/C17H23N2O.C17H24N2.C15H32FN.C10H18O2.C8H9F/c1-6-14-7-8-19(5)12(3)17(14)16-10-15(13(4)20)9-11(2)18-16;1-3-6-17-18-15-10-9-13(2)11-16(15)19(17)12-14-7-4-5-8-14;1-5-9-14(8-4)13-17(11-7-3)15(12-16)10-6-2;1-4-8(2)10(12)7-5-6-9(3)11;1-6-3-7(2)5-8(9)4-6/h9-10H,6-8H2,1-5H3;6,9-11,14,18H,3-5,7-8,12H2,1-2H3;14-15H,5-13H2,1-4H3;8H,4-7H2,1-3H3;3-5H,1-2H3/q+1;;;;/b;17-6-;;;/t;;14?,15-;;/m..1../s1. The van der Waals surface area contributed by atoms with E-state index in [9.17, 15) is 23.2 Å². The zero-order chi connectivity index (χ0) is 57.6. The molecule has 2 aromatic carbocycles. The maximum Gasteiger partial charge on any atom is 0.182 e. The van der Waals surface area contributed by atoms with Crippen LogP contribution < -0.4 is 10.2 Å². The van der Waals surface area contributed by atoms with Crippen LogP contribution in [0.5, 0.6) is 0 Å². The van der Waals surface area contributed by atoms with Gasteiger partial charge in [0.05, 0.1) is 22.6 Å². The predicted octanol–water partition coefficient (Wildman–Crippen LogP) is 17.4. The highest BCUT2D eigenvalue weighted by atomic mass is 19.1. The Labute approximate surface area is 468 Å². The molecule has 1 saturated carbocycles. The molecule has 0 radical (unpaired) electrons. The van der Waals surface area contributed by atoms with Gasteiger partial charge in [0.1, 0.15) is 43.5 Å². The summed E-state index contributed by atoms with van der Waals surface area (Å²) in [7, 11) is 2.11. The molecular formula is C67H106F2N5O3+. The SMILES string of the molecule is CC/C=C1/Nc2ccc(C)cc2N1CC1CCCC1.CCC(C)C(=O)CCCC(C)=O.CCC1=C(c2cc(C(C)=O)cc(C)n2)C(C)=[N+](C)CC1.CCCC(CC)CN(CCC)[C@@H](CF)CCC.Cc1cc(C)cc(F)c1. The summed E-state index contributed by atoms with van der Waals surface area (Å²) in [4.78, 5) is 43.0. The number of carbonyl (C=O) groups is 3. The third-order valence-corrected chi connectivity index (χ3v) is 15.3. The molecule has 10 heteroatoms. The zero-order valence-electron chi connectivity index (χ0n) is 51.3. The van der Waals surface area contributed by atoms with Crippen LogP contribution in [0.2, 0.25) is 0 Å². The number of aromatic nitrogens is 1. The van der Waals surface area contributed by atoms with E-state index in [0.717, 1.165) is 111 Å². The zero-order valence-corrected chi connectivity index (χ0v) is 51.3. The number of carbonyl (C=O) groups excluding carboxylic acids is 3. The fourth-order valence-electron chi connectivity index (χ4n) is 10.5. The number of alkyl halides is 1. The lowest BCUT2D eigenvalue weighted by Gasteiger charge is -2.32. The molecular weight excluding hydrogens is 961 g/mol. The first-order valence-corrected chi connectivity index (χ1v) is 29.9.